The molecule has 0 aliphatic carbocycles. The summed E-state index contributed by atoms with van der Waals surface area (Å²) in [5, 5.41) is 11.6. The summed E-state index contributed by atoms with van der Waals surface area (Å²) in [4.78, 5) is 0. The Kier molecular flexibility index (Phi) is 29.9. The van der Waals surface area contributed by atoms with Crippen LogP contribution in [0, 0.1) is 0 Å². The van der Waals surface area contributed by atoms with E-state index in [0.717, 1.165) is 55.5 Å². The van der Waals surface area contributed by atoms with Gasteiger partial charge in [-0.25, -0.2) is 0 Å². The fourth-order valence-electron chi connectivity index (χ4n) is 5.10. The van der Waals surface area contributed by atoms with Gasteiger partial charge in [0.1, 0.15) is 28.6 Å². The summed E-state index contributed by atoms with van der Waals surface area (Å²) in [7, 11) is -0.195. The predicted molar refractivity (Wildman–Crippen MR) is 296 cm³/mol. The highest BCUT2D eigenvalue weighted by Gasteiger charge is 2.23. The fraction of sp³-hybridized carbons (Fsp3) is 0.318. The van der Waals surface area contributed by atoms with Crippen molar-refractivity contribution in [2.45, 2.75) is 14.9 Å². The van der Waals surface area contributed by atoms with Crippen LogP contribution in [0.15, 0.2) is 121 Å². The van der Waals surface area contributed by atoms with Gasteiger partial charge in [-0.05, 0) is 112 Å². The molecule has 0 aliphatic heterocycles. The lowest BCUT2D eigenvalue weighted by Crippen LogP contribution is -2.23. The zero-order valence-electron chi connectivity index (χ0n) is 35.1. The monoisotopic (exact) mass is 974 g/mol. The standard InChI is InChI=1S/2C10H16O2P2.2C8H12P2.C6H8P2.2CH4/c2*1-13(2,11)9-7-5-6-8-10(9)14(3,4)12;2*1-9-7-5-3-4-6-8(7)10-2;7-5-3-1-2-4-6(5)8;;/h2*5-8H,1-4H3;2*3-6,9-10H,1-2H3;1-4H,7-8H2;2*1H4. The van der Waals surface area contributed by atoms with E-state index >= 15 is 0 Å². The highest BCUT2D eigenvalue weighted by Crippen LogP contribution is 2.42. The summed E-state index contributed by atoms with van der Waals surface area (Å²) in [6.45, 7) is 22.6. The van der Waals surface area contributed by atoms with Crippen molar-refractivity contribution < 1.29 is 18.3 Å². The van der Waals surface area contributed by atoms with Crippen LogP contribution in [0.5, 0.6) is 0 Å². The van der Waals surface area contributed by atoms with E-state index < -0.39 is 28.6 Å². The molecule has 0 saturated heterocycles. The largest absolute Gasteiger partial charge is 0.319 e. The van der Waals surface area contributed by atoms with Crippen LogP contribution < -0.4 is 53.0 Å². The van der Waals surface area contributed by atoms with Crippen LogP contribution in [-0.2, 0) is 18.3 Å². The molecule has 0 aromatic heterocycles. The van der Waals surface area contributed by atoms with Crippen LogP contribution in [0.4, 0.5) is 0 Å². The maximum Gasteiger partial charge on any atom is 0.110 e. The number of rotatable bonds is 8. The third-order valence-electron chi connectivity index (χ3n) is 8.01. The summed E-state index contributed by atoms with van der Waals surface area (Å²) in [6.07, 6.45) is 0. The Morgan fingerprint density at radius 1 is 0.328 bits per heavy atom. The average molecular weight is 975 g/mol. The second-order valence-corrected chi connectivity index (χ2v) is 32.2. The molecule has 58 heavy (non-hydrogen) atoms. The SMILES string of the molecule is C.C.CP(C)(=O)c1ccccc1P(C)(C)=O.CP(C)(=O)c1ccccc1P(C)(C)=O.CPc1ccccc1PC.CPc1ccccc1PC.Pc1ccccc1P. The molecular formula is C44H72O4P10. The summed E-state index contributed by atoms with van der Waals surface area (Å²) in [6, 6.07) is 40.2. The summed E-state index contributed by atoms with van der Waals surface area (Å²) < 4.78 is 47.9. The first kappa shape index (κ1) is 59.7. The molecule has 5 aromatic carbocycles. The van der Waals surface area contributed by atoms with Gasteiger partial charge in [0.2, 0.25) is 0 Å². The van der Waals surface area contributed by atoms with Crippen molar-refractivity contribution in [2.75, 3.05) is 80.0 Å². The minimum atomic E-state index is -2.32. The van der Waals surface area contributed by atoms with Gasteiger partial charge in [0.25, 0.3) is 0 Å². The Bertz CT molecular complexity index is 1870. The van der Waals surface area contributed by atoms with Crippen molar-refractivity contribution in [1.82, 2.24) is 0 Å². The van der Waals surface area contributed by atoms with Crippen molar-refractivity contribution in [1.29, 1.82) is 0 Å². The van der Waals surface area contributed by atoms with Crippen LogP contribution in [0.1, 0.15) is 14.9 Å². The molecule has 4 nitrogen and oxygen atoms in total. The molecule has 0 N–H and O–H groups in total. The lowest BCUT2D eigenvalue weighted by atomic mass is 10.4. The van der Waals surface area contributed by atoms with E-state index in [9.17, 15) is 18.3 Å². The van der Waals surface area contributed by atoms with Crippen LogP contribution in [0.25, 0.3) is 0 Å². The summed E-state index contributed by atoms with van der Waals surface area (Å²) >= 11 is 0. The highest BCUT2D eigenvalue weighted by atomic mass is 31.2. The highest BCUT2D eigenvalue weighted by molar-refractivity contribution is 7.77. The lowest BCUT2D eigenvalue weighted by Gasteiger charge is -2.15. The van der Waals surface area contributed by atoms with E-state index in [-0.39, 0.29) is 14.9 Å². The molecule has 0 radical (unpaired) electrons. The molecule has 0 saturated carbocycles. The lowest BCUT2D eigenvalue weighted by molar-refractivity contribution is 0.586. The van der Waals surface area contributed by atoms with E-state index in [2.05, 4.69) is 106 Å². The molecule has 322 valence electrons. The molecule has 6 atom stereocenters. The Labute approximate surface area is 366 Å². The molecule has 0 bridgehead atoms. The van der Waals surface area contributed by atoms with Crippen LogP contribution in [0.2, 0.25) is 0 Å². The zero-order valence-corrected chi connectivity index (χ0v) is 45.0. The molecule has 0 aliphatic rings. The van der Waals surface area contributed by atoms with Gasteiger partial charge < -0.3 is 18.3 Å². The molecule has 6 unspecified atom stereocenters. The van der Waals surface area contributed by atoms with Crippen LogP contribution >= 0.6 is 81.4 Å². The quantitative estimate of drug-likeness (QED) is 0.146. The van der Waals surface area contributed by atoms with Gasteiger partial charge in [-0.3, -0.25) is 0 Å². The Balaban J connectivity index is 0. The van der Waals surface area contributed by atoms with Crippen molar-refractivity contribution in [3.63, 3.8) is 0 Å². The smallest absolute Gasteiger partial charge is 0.110 e. The van der Waals surface area contributed by atoms with Crippen molar-refractivity contribution in [3.05, 3.63) is 121 Å². The van der Waals surface area contributed by atoms with E-state index in [0.29, 0.717) is 0 Å². The molecule has 5 rings (SSSR count). The topological polar surface area (TPSA) is 68.3 Å². The number of hydrogen-bond acceptors (Lipinski definition) is 4. The third kappa shape index (κ3) is 22.1. The molecule has 0 fully saturated rings. The van der Waals surface area contributed by atoms with Crippen molar-refractivity contribution >= 4 is 134 Å². The second kappa shape index (κ2) is 29.1. The first-order chi connectivity index (χ1) is 26.0. The fourth-order valence-corrected chi connectivity index (χ4v) is 16.7. The van der Waals surface area contributed by atoms with E-state index in [1.807, 2.05) is 60.7 Å². The minimum absolute atomic E-state index is 0. The normalized spacial score (nSPS) is 11.7. The first-order valence-electron chi connectivity index (χ1n) is 17.9. The maximum atomic E-state index is 12.0. The Morgan fingerprint density at radius 2 is 0.483 bits per heavy atom. The van der Waals surface area contributed by atoms with E-state index in [1.165, 1.54) is 31.8 Å². The first-order valence-corrected chi connectivity index (χ1v) is 35.5. The van der Waals surface area contributed by atoms with Gasteiger partial charge in [-0.1, -0.05) is 171 Å². The summed E-state index contributed by atoms with van der Waals surface area (Å²) in [5.74, 6) is 0. The van der Waals surface area contributed by atoms with E-state index in [4.69, 9.17) is 0 Å². The second-order valence-electron chi connectivity index (χ2n) is 14.1. The Hall–Kier alpha value is -0.400. The zero-order chi connectivity index (χ0) is 42.7. The number of hydrogen-bond donors (Lipinski definition) is 0. The molecule has 14 heteroatoms. The van der Waals surface area contributed by atoms with Gasteiger partial charge in [0.05, 0.1) is 0 Å². The predicted octanol–water partition coefficient (Wildman–Crippen LogP) is 9.43. The van der Waals surface area contributed by atoms with Gasteiger partial charge in [-0.2, -0.15) is 0 Å². The molecular weight excluding hydrogens is 902 g/mol. The summed E-state index contributed by atoms with van der Waals surface area (Å²) in [5.41, 5.74) is 0. The van der Waals surface area contributed by atoms with Gasteiger partial charge in [0, 0.05) is 21.2 Å². The van der Waals surface area contributed by atoms with Crippen molar-refractivity contribution in [2.24, 2.45) is 0 Å². The van der Waals surface area contributed by atoms with Gasteiger partial charge >= 0.3 is 0 Å². The minimum Gasteiger partial charge on any atom is -0.319 e. The molecule has 0 amide bonds. The van der Waals surface area contributed by atoms with Gasteiger partial charge in [-0.15, -0.1) is 18.5 Å². The number of benzene rings is 5. The van der Waals surface area contributed by atoms with Crippen molar-refractivity contribution in [3.8, 4) is 0 Å². The Morgan fingerprint density at radius 3 is 0.621 bits per heavy atom. The molecule has 0 spiro atoms. The van der Waals surface area contributed by atoms with Crippen LogP contribution in [0.3, 0.4) is 0 Å². The average Bonchev–Trinajstić information content (AvgIpc) is 3.15. The third-order valence-corrected chi connectivity index (χ3v) is 20.3. The molecule has 5 aromatic rings. The van der Waals surface area contributed by atoms with E-state index in [1.54, 1.807) is 53.3 Å². The van der Waals surface area contributed by atoms with Gasteiger partial charge in [0.15, 0.2) is 0 Å². The van der Waals surface area contributed by atoms with Crippen LogP contribution in [-0.4, -0.2) is 80.0 Å². The maximum absolute atomic E-state index is 12.0. The molecule has 0 heterocycles.